The number of rotatable bonds is 2. The molecule has 0 radical (unpaired) electrons. The van der Waals surface area contributed by atoms with Gasteiger partial charge in [-0.3, -0.25) is 4.79 Å². The highest BCUT2D eigenvalue weighted by atomic mass is 16.5. The lowest BCUT2D eigenvalue weighted by Crippen LogP contribution is -2.06. The number of hydrogen-bond acceptors (Lipinski definition) is 4. The quantitative estimate of drug-likeness (QED) is 0.832. The van der Waals surface area contributed by atoms with Gasteiger partial charge in [-0.1, -0.05) is 0 Å². The highest BCUT2D eigenvalue weighted by Gasteiger charge is 2.07. The Kier molecular flexibility index (Phi) is 2.66. The molecule has 0 fully saturated rings. The molecule has 0 amide bonds. The van der Waals surface area contributed by atoms with Crippen molar-refractivity contribution in [2.24, 2.45) is 5.73 Å². The first-order valence-corrected chi connectivity index (χ1v) is 4.97. The second-order valence-electron chi connectivity index (χ2n) is 3.60. The average molecular weight is 219 g/mol. The summed E-state index contributed by atoms with van der Waals surface area (Å²) in [6, 6.07) is 4.89. The lowest BCUT2D eigenvalue weighted by molar-refractivity contribution is 0.412. The molecule has 2 rings (SSSR count). The largest absolute Gasteiger partial charge is 0.496 e. The van der Waals surface area contributed by atoms with E-state index in [-0.39, 0.29) is 12.0 Å². The fourth-order valence-electron chi connectivity index (χ4n) is 1.65. The molecule has 0 saturated heterocycles. The third-order valence-electron chi connectivity index (χ3n) is 2.50. The standard InChI is InChI=1S/C12H13NO3/c1-7-3-12-9(5-11(7)15-2)10(14)4-8(6-13)16-12/h3-5H,6,13H2,1-2H3. The second kappa shape index (κ2) is 3.98. The Balaban J connectivity index is 2.80. The Bertz CT molecular complexity index is 587. The summed E-state index contributed by atoms with van der Waals surface area (Å²) < 4.78 is 10.7. The molecule has 84 valence electrons. The molecule has 1 aromatic carbocycles. The topological polar surface area (TPSA) is 65.5 Å². The summed E-state index contributed by atoms with van der Waals surface area (Å²) in [4.78, 5) is 11.8. The lowest BCUT2D eigenvalue weighted by Gasteiger charge is -2.06. The zero-order valence-corrected chi connectivity index (χ0v) is 9.24. The summed E-state index contributed by atoms with van der Waals surface area (Å²) in [5, 5.41) is 0.514. The van der Waals surface area contributed by atoms with Crippen LogP contribution in [0.25, 0.3) is 11.0 Å². The van der Waals surface area contributed by atoms with Crippen LogP contribution in [0.3, 0.4) is 0 Å². The van der Waals surface area contributed by atoms with Gasteiger partial charge in [-0.15, -0.1) is 0 Å². The van der Waals surface area contributed by atoms with E-state index in [1.165, 1.54) is 6.07 Å². The van der Waals surface area contributed by atoms with E-state index in [0.717, 1.165) is 5.56 Å². The third kappa shape index (κ3) is 1.67. The molecule has 1 aromatic heterocycles. The van der Waals surface area contributed by atoms with Crippen molar-refractivity contribution in [1.29, 1.82) is 0 Å². The summed E-state index contributed by atoms with van der Waals surface area (Å²) in [5.74, 6) is 1.17. The zero-order chi connectivity index (χ0) is 11.7. The molecule has 2 aromatic rings. The number of ether oxygens (including phenoxy) is 1. The van der Waals surface area contributed by atoms with E-state index in [2.05, 4.69) is 0 Å². The van der Waals surface area contributed by atoms with Crippen molar-refractivity contribution in [3.05, 3.63) is 39.7 Å². The molecule has 4 nitrogen and oxygen atoms in total. The van der Waals surface area contributed by atoms with Crippen molar-refractivity contribution in [2.45, 2.75) is 13.5 Å². The van der Waals surface area contributed by atoms with Crippen LogP contribution in [0, 0.1) is 6.92 Å². The van der Waals surface area contributed by atoms with Gasteiger partial charge in [0.2, 0.25) is 0 Å². The molecular weight excluding hydrogens is 206 g/mol. The van der Waals surface area contributed by atoms with Crippen molar-refractivity contribution >= 4 is 11.0 Å². The van der Waals surface area contributed by atoms with E-state index in [4.69, 9.17) is 14.9 Å². The summed E-state index contributed by atoms with van der Waals surface area (Å²) in [6.07, 6.45) is 0. The number of fused-ring (bicyclic) bond motifs is 1. The Labute approximate surface area is 92.6 Å². The van der Waals surface area contributed by atoms with Gasteiger partial charge in [0.15, 0.2) is 5.43 Å². The Morgan fingerprint density at radius 1 is 1.38 bits per heavy atom. The van der Waals surface area contributed by atoms with E-state index < -0.39 is 0 Å². The van der Waals surface area contributed by atoms with Gasteiger partial charge in [0.25, 0.3) is 0 Å². The Morgan fingerprint density at radius 3 is 2.75 bits per heavy atom. The van der Waals surface area contributed by atoms with Gasteiger partial charge in [-0.2, -0.15) is 0 Å². The molecule has 0 atom stereocenters. The van der Waals surface area contributed by atoms with E-state index in [9.17, 15) is 4.79 Å². The first kappa shape index (κ1) is 10.7. The SMILES string of the molecule is COc1cc2c(=O)cc(CN)oc2cc1C. The third-order valence-corrected chi connectivity index (χ3v) is 2.50. The minimum Gasteiger partial charge on any atom is -0.496 e. The molecule has 0 unspecified atom stereocenters. The lowest BCUT2D eigenvalue weighted by atomic mass is 10.1. The fourth-order valence-corrected chi connectivity index (χ4v) is 1.65. The Hall–Kier alpha value is -1.81. The van der Waals surface area contributed by atoms with Crippen LogP contribution in [0.1, 0.15) is 11.3 Å². The minimum absolute atomic E-state index is 0.0972. The molecule has 0 bridgehead atoms. The molecule has 0 saturated carbocycles. The number of nitrogens with two attached hydrogens (primary N) is 1. The summed E-state index contributed by atoms with van der Waals surface area (Å²) in [7, 11) is 1.57. The van der Waals surface area contributed by atoms with E-state index in [1.807, 2.05) is 6.92 Å². The van der Waals surface area contributed by atoms with E-state index >= 15 is 0 Å². The van der Waals surface area contributed by atoms with Crippen molar-refractivity contribution < 1.29 is 9.15 Å². The number of aryl methyl sites for hydroxylation is 1. The van der Waals surface area contributed by atoms with Crippen LogP contribution >= 0.6 is 0 Å². The molecular formula is C12H13NO3. The van der Waals surface area contributed by atoms with Gasteiger partial charge >= 0.3 is 0 Å². The van der Waals surface area contributed by atoms with E-state index in [1.54, 1.807) is 19.2 Å². The van der Waals surface area contributed by atoms with Gasteiger partial charge in [0, 0.05) is 6.07 Å². The van der Waals surface area contributed by atoms with Gasteiger partial charge < -0.3 is 14.9 Å². The van der Waals surface area contributed by atoms with Crippen molar-refractivity contribution in [2.75, 3.05) is 7.11 Å². The van der Waals surface area contributed by atoms with Gasteiger partial charge in [0.05, 0.1) is 19.0 Å². The van der Waals surface area contributed by atoms with Crippen molar-refractivity contribution in [1.82, 2.24) is 0 Å². The first-order chi connectivity index (χ1) is 7.65. The Morgan fingerprint density at radius 2 is 2.12 bits per heavy atom. The molecule has 4 heteroatoms. The zero-order valence-electron chi connectivity index (χ0n) is 9.24. The average Bonchev–Trinajstić information content (AvgIpc) is 2.28. The van der Waals surface area contributed by atoms with Crippen molar-refractivity contribution in [3.8, 4) is 5.75 Å². The first-order valence-electron chi connectivity index (χ1n) is 4.97. The van der Waals surface area contributed by atoms with Gasteiger partial charge in [-0.25, -0.2) is 0 Å². The second-order valence-corrected chi connectivity index (χ2v) is 3.60. The molecule has 0 aliphatic carbocycles. The van der Waals surface area contributed by atoms with Crippen LogP contribution in [0.4, 0.5) is 0 Å². The van der Waals surface area contributed by atoms with Gasteiger partial charge in [0.1, 0.15) is 17.1 Å². The molecule has 0 aliphatic heterocycles. The molecule has 16 heavy (non-hydrogen) atoms. The maximum atomic E-state index is 11.8. The maximum absolute atomic E-state index is 11.8. The monoisotopic (exact) mass is 219 g/mol. The molecule has 0 aliphatic rings. The minimum atomic E-state index is -0.0972. The number of benzene rings is 1. The van der Waals surface area contributed by atoms with E-state index in [0.29, 0.717) is 22.5 Å². The molecule has 2 N–H and O–H groups in total. The summed E-state index contributed by atoms with van der Waals surface area (Å²) in [6.45, 7) is 2.11. The van der Waals surface area contributed by atoms with Crippen LogP contribution in [0.2, 0.25) is 0 Å². The maximum Gasteiger partial charge on any atom is 0.193 e. The highest BCUT2D eigenvalue weighted by Crippen LogP contribution is 2.23. The number of methoxy groups -OCH3 is 1. The smallest absolute Gasteiger partial charge is 0.193 e. The predicted molar refractivity (Wildman–Crippen MR) is 61.7 cm³/mol. The highest BCUT2D eigenvalue weighted by molar-refractivity contribution is 5.79. The van der Waals surface area contributed by atoms with Crippen LogP contribution in [0.15, 0.2) is 27.4 Å². The van der Waals surface area contributed by atoms with Crippen LogP contribution in [0.5, 0.6) is 5.75 Å². The fraction of sp³-hybridized carbons (Fsp3) is 0.250. The summed E-state index contributed by atoms with van der Waals surface area (Å²) >= 11 is 0. The molecule has 1 heterocycles. The normalized spacial score (nSPS) is 10.7. The predicted octanol–water partition coefficient (Wildman–Crippen LogP) is 1.57. The van der Waals surface area contributed by atoms with Crippen LogP contribution < -0.4 is 15.9 Å². The van der Waals surface area contributed by atoms with Crippen molar-refractivity contribution in [3.63, 3.8) is 0 Å². The molecule has 0 spiro atoms. The van der Waals surface area contributed by atoms with Gasteiger partial charge in [-0.05, 0) is 24.6 Å². The summed E-state index contributed by atoms with van der Waals surface area (Å²) in [5.41, 5.74) is 6.82. The van der Waals surface area contributed by atoms with Crippen LogP contribution in [-0.2, 0) is 6.54 Å². The number of hydrogen-bond donors (Lipinski definition) is 1. The van der Waals surface area contributed by atoms with Crippen LogP contribution in [-0.4, -0.2) is 7.11 Å².